The summed E-state index contributed by atoms with van der Waals surface area (Å²) < 4.78 is 32.9. The van der Waals surface area contributed by atoms with Crippen LogP contribution in [0.3, 0.4) is 0 Å². The first-order chi connectivity index (χ1) is 13.4. The van der Waals surface area contributed by atoms with Crippen molar-refractivity contribution >= 4 is 27.6 Å². The summed E-state index contributed by atoms with van der Waals surface area (Å²) in [6.45, 7) is 4.67. The minimum atomic E-state index is -3.26. The molecule has 1 N–H and O–H groups in total. The van der Waals surface area contributed by atoms with E-state index in [4.69, 9.17) is 9.47 Å². The van der Waals surface area contributed by atoms with Gasteiger partial charge in [-0.3, -0.25) is 4.79 Å². The number of H-pyrrole nitrogens is 1. The van der Waals surface area contributed by atoms with Gasteiger partial charge in [0.2, 0.25) is 5.78 Å². The highest BCUT2D eigenvalue weighted by atomic mass is 32.2. The third kappa shape index (κ3) is 5.32. The molecule has 29 heavy (non-hydrogen) atoms. The number of hydrogen-bond acceptors (Lipinski definition) is 7. The van der Waals surface area contributed by atoms with Gasteiger partial charge in [-0.2, -0.15) is 0 Å². The van der Waals surface area contributed by atoms with E-state index in [1.807, 2.05) is 0 Å². The monoisotopic (exact) mass is 421 g/mol. The molecule has 2 rings (SSSR count). The molecule has 0 aliphatic heterocycles. The lowest BCUT2D eigenvalue weighted by molar-refractivity contribution is 0.0316. The summed E-state index contributed by atoms with van der Waals surface area (Å²) >= 11 is 0. The first kappa shape index (κ1) is 22.4. The molecule has 9 heteroatoms. The molecule has 0 saturated carbocycles. The number of esters is 2. The van der Waals surface area contributed by atoms with Crippen LogP contribution in [-0.4, -0.2) is 50.6 Å². The average molecular weight is 421 g/mol. The fraction of sp³-hybridized carbons (Fsp3) is 0.350. The van der Waals surface area contributed by atoms with Gasteiger partial charge in [-0.25, -0.2) is 18.0 Å². The molecule has 8 nitrogen and oxygen atoms in total. The zero-order valence-corrected chi connectivity index (χ0v) is 17.7. The van der Waals surface area contributed by atoms with E-state index < -0.39 is 33.7 Å². The zero-order chi connectivity index (χ0) is 21.9. The highest BCUT2D eigenvalue weighted by molar-refractivity contribution is 7.89. The summed E-state index contributed by atoms with van der Waals surface area (Å²) in [4.78, 5) is 39.9. The topological polar surface area (TPSA) is 120 Å². The van der Waals surface area contributed by atoms with Gasteiger partial charge in [0.25, 0.3) is 0 Å². The molecule has 0 aliphatic carbocycles. The van der Waals surface area contributed by atoms with Crippen molar-refractivity contribution in [3.63, 3.8) is 0 Å². The molecule has 0 spiro atoms. The number of carbonyl (C=O) groups is 3. The molecule has 0 bridgehead atoms. The van der Waals surface area contributed by atoms with Gasteiger partial charge in [-0.15, -0.1) is 0 Å². The predicted octanol–water partition coefficient (Wildman–Crippen LogP) is 2.39. The molecular weight excluding hydrogens is 398 g/mol. The van der Waals surface area contributed by atoms with E-state index >= 15 is 0 Å². The quantitative estimate of drug-likeness (QED) is 0.538. The SMILES string of the molecule is COC(=O)c1c(C)[nH]c(C(=O)[C@H](C)OC(=O)c2cccc(CS(C)(=O)=O)c2)c1C. The molecule has 1 atom stereocenters. The number of nitrogens with one attached hydrogen (secondary N) is 1. The Morgan fingerprint density at radius 1 is 1.14 bits per heavy atom. The number of rotatable bonds is 7. The first-order valence-corrected chi connectivity index (χ1v) is 10.8. The standard InChI is InChI=1S/C20H23NO7S/c1-11-16(20(24)27-4)12(2)21-17(11)18(22)13(3)28-19(23)15-8-6-7-14(9-15)10-29(5,25)26/h6-9,13,21H,10H2,1-5H3/t13-/m0/s1. The Morgan fingerprint density at radius 3 is 2.38 bits per heavy atom. The molecule has 0 radical (unpaired) electrons. The smallest absolute Gasteiger partial charge is 0.339 e. The number of aryl methyl sites for hydroxylation is 1. The van der Waals surface area contributed by atoms with Gasteiger partial charge < -0.3 is 14.5 Å². The second-order valence-corrected chi connectivity index (χ2v) is 8.94. The summed E-state index contributed by atoms with van der Waals surface area (Å²) in [5.74, 6) is -2.03. The number of aromatic nitrogens is 1. The molecule has 1 heterocycles. The molecule has 0 aliphatic rings. The van der Waals surface area contributed by atoms with Crippen molar-refractivity contribution in [1.82, 2.24) is 4.98 Å². The van der Waals surface area contributed by atoms with Crippen LogP contribution in [0.2, 0.25) is 0 Å². The fourth-order valence-corrected chi connectivity index (χ4v) is 3.77. The highest BCUT2D eigenvalue weighted by Gasteiger charge is 2.27. The summed E-state index contributed by atoms with van der Waals surface area (Å²) in [6.07, 6.45) is -0.0227. The minimum Gasteiger partial charge on any atom is -0.465 e. The van der Waals surface area contributed by atoms with E-state index in [0.717, 1.165) is 6.26 Å². The Balaban J connectivity index is 2.19. The fourth-order valence-electron chi connectivity index (χ4n) is 2.98. The van der Waals surface area contributed by atoms with Crippen LogP contribution in [0.1, 0.15) is 54.9 Å². The minimum absolute atomic E-state index is 0.139. The summed E-state index contributed by atoms with van der Waals surface area (Å²) in [5.41, 5.74) is 1.90. The van der Waals surface area contributed by atoms with Crippen LogP contribution in [0.4, 0.5) is 0 Å². The third-order valence-electron chi connectivity index (χ3n) is 4.32. The van der Waals surface area contributed by atoms with Gasteiger partial charge in [-0.1, -0.05) is 12.1 Å². The summed E-state index contributed by atoms with van der Waals surface area (Å²) in [6, 6.07) is 6.03. The zero-order valence-electron chi connectivity index (χ0n) is 16.9. The van der Waals surface area contributed by atoms with Gasteiger partial charge in [0.15, 0.2) is 15.9 Å². The Bertz CT molecular complexity index is 1070. The number of ketones is 1. The number of ether oxygens (including phenoxy) is 2. The molecule has 0 amide bonds. The lowest BCUT2D eigenvalue weighted by Gasteiger charge is -2.13. The van der Waals surface area contributed by atoms with Crippen LogP contribution >= 0.6 is 0 Å². The number of carbonyl (C=O) groups excluding carboxylic acids is 3. The second-order valence-electron chi connectivity index (χ2n) is 6.80. The van der Waals surface area contributed by atoms with Crippen molar-refractivity contribution in [2.75, 3.05) is 13.4 Å². The maximum atomic E-state index is 12.7. The van der Waals surface area contributed by atoms with Crippen molar-refractivity contribution < 1.29 is 32.3 Å². The number of hydrogen-bond donors (Lipinski definition) is 1. The summed E-state index contributed by atoms with van der Waals surface area (Å²) in [7, 11) is -2.01. The van der Waals surface area contributed by atoms with Crippen molar-refractivity contribution in [1.29, 1.82) is 0 Å². The van der Waals surface area contributed by atoms with Crippen LogP contribution < -0.4 is 0 Å². The number of benzene rings is 1. The van der Waals surface area contributed by atoms with E-state index in [0.29, 0.717) is 16.8 Å². The Labute approximate surface area is 169 Å². The first-order valence-electron chi connectivity index (χ1n) is 8.74. The number of aromatic amines is 1. The van der Waals surface area contributed by atoms with Gasteiger partial charge in [-0.05, 0) is 44.0 Å². The molecule has 0 fully saturated rings. The lowest BCUT2D eigenvalue weighted by atomic mass is 10.1. The Morgan fingerprint density at radius 2 is 1.79 bits per heavy atom. The van der Waals surface area contributed by atoms with E-state index in [-0.39, 0.29) is 22.6 Å². The van der Waals surface area contributed by atoms with Gasteiger partial charge in [0.1, 0.15) is 0 Å². The molecule has 0 unspecified atom stereocenters. The number of sulfone groups is 1. The van der Waals surface area contributed by atoms with Crippen LogP contribution in [0, 0.1) is 13.8 Å². The molecule has 156 valence electrons. The van der Waals surface area contributed by atoms with Gasteiger partial charge >= 0.3 is 11.9 Å². The van der Waals surface area contributed by atoms with Gasteiger partial charge in [0, 0.05) is 11.9 Å². The number of methoxy groups -OCH3 is 1. The van der Waals surface area contributed by atoms with Crippen molar-refractivity contribution in [3.8, 4) is 0 Å². The molecular formula is C20H23NO7S. The maximum absolute atomic E-state index is 12.7. The summed E-state index contributed by atoms with van der Waals surface area (Å²) in [5, 5.41) is 0. The van der Waals surface area contributed by atoms with Crippen LogP contribution in [0.25, 0.3) is 0 Å². The van der Waals surface area contributed by atoms with Crippen LogP contribution in [0.5, 0.6) is 0 Å². The third-order valence-corrected chi connectivity index (χ3v) is 5.18. The van der Waals surface area contributed by atoms with E-state index in [1.54, 1.807) is 26.0 Å². The maximum Gasteiger partial charge on any atom is 0.339 e. The largest absolute Gasteiger partial charge is 0.465 e. The van der Waals surface area contributed by atoms with Crippen molar-refractivity contribution in [2.45, 2.75) is 32.6 Å². The molecule has 2 aromatic rings. The highest BCUT2D eigenvalue weighted by Crippen LogP contribution is 2.21. The van der Waals surface area contributed by atoms with Gasteiger partial charge in [0.05, 0.1) is 29.7 Å². The predicted molar refractivity (Wildman–Crippen MR) is 106 cm³/mol. The van der Waals surface area contributed by atoms with Crippen LogP contribution in [0.15, 0.2) is 24.3 Å². The molecule has 1 aromatic carbocycles. The normalized spacial score (nSPS) is 12.3. The molecule has 0 saturated heterocycles. The van der Waals surface area contributed by atoms with E-state index in [9.17, 15) is 22.8 Å². The van der Waals surface area contributed by atoms with E-state index in [1.165, 1.54) is 26.2 Å². The Hall–Kier alpha value is -2.94. The van der Waals surface area contributed by atoms with Crippen LogP contribution in [-0.2, 0) is 25.1 Å². The van der Waals surface area contributed by atoms with Crippen molar-refractivity contribution in [2.24, 2.45) is 0 Å². The Kier molecular flexibility index (Phi) is 6.63. The van der Waals surface area contributed by atoms with E-state index in [2.05, 4.69) is 4.98 Å². The number of Topliss-reactive ketones (excluding diaryl/α,β-unsaturated/α-hetero) is 1. The van der Waals surface area contributed by atoms with Crippen molar-refractivity contribution in [3.05, 3.63) is 57.9 Å². The lowest BCUT2D eigenvalue weighted by Crippen LogP contribution is -2.25. The molecule has 1 aromatic heterocycles. The average Bonchev–Trinajstić information content (AvgIpc) is 2.93. The second kappa shape index (κ2) is 8.60.